The number of benzene rings is 2. The number of rotatable bonds is 3. The third kappa shape index (κ3) is 3.60. The van der Waals surface area contributed by atoms with Crippen molar-refractivity contribution < 1.29 is 22.7 Å². The van der Waals surface area contributed by atoms with Crippen LogP contribution in [0.1, 0.15) is 5.56 Å². The van der Waals surface area contributed by atoms with E-state index in [1.54, 1.807) is 6.07 Å². The van der Waals surface area contributed by atoms with Crippen molar-refractivity contribution in [3.8, 4) is 11.5 Å². The Labute approximate surface area is 172 Å². The highest BCUT2D eigenvalue weighted by Crippen LogP contribution is 2.43. The van der Waals surface area contributed by atoms with Gasteiger partial charge >= 0.3 is 0 Å². The second kappa shape index (κ2) is 7.07. The molecule has 2 saturated heterocycles. The molecule has 5 rings (SSSR count). The molecule has 29 heavy (non-hydrogen) atoms. The number of carbonyl (C=O) groups is 1. The molecule has 3 aliphatic rings. The first kappa shape index (κ1) is 18.5. The molecule has 0 saturated carbocycles. The summed E-state index contributed by atoms with van der Waals surface area (Å²) in [5.74, 6) is 1.13. The standard InChI is InChI=1S/C20H18N2O5S2/c23-19(8-13-4-2-1-3-5-13)21-20-22(15-10-29(24,25)11-18(15)28-20)14-6-7-16-17(9-14)27-12-26-16/h1-7,9,15,18H,8,10-12H2/t15-,18+/m1/s1. The SMILES string of the molecule is O=C(Cc1ccccc1)N=C1S[C@H]2CS(=O)(=O)C[C@H]2N1c1ccc2c(c1)OCO2. The molecule has 2 fully saturated rings. The molecule has 150 valence electrons. The number of fused-ring (bicyclic) bond motifs is 2. The van der Waals surface area contributed by atoms with E-state index >= 15 is 0 Å². The predicted octanol–water partition coefficient (Wildman–Crippen LogP) is 2.26. The summed E-state index contributed by atoms with van der Waals surface area (Å²) >= 11 is 1.36. The first-order chi connectivity index (χ1) is 14.0. The molecule has 3 aliphatic heterocycles. The van der Waals surface area contributed by atoms with Crippen LogP contribution >= 0.6 is 11.8 Å². The minimum atomic E-state index is -3.12. The van der Waals surface area contributed by atoms with Gasteiger partial charge in [0.2, 0.25) is 6.79 Å². The van der Waals surface area contributed by atoms with Gasteiger partial charge in [0.05, 0.1) is 24.0 Å². The van der Waals surface area contributed by atoms with E-state index in [-0.39, 0.29) is 41.9 Å². The van der Waals surface area contributed by atoms with Crippen LogP contribution < -0.4 is 14.4 Å². The topological polar surface area (TPSA) is 85.3 Å². The predicted molar refractivity (Wildman–Crippen MR) is 111 cm³/mol. The number of amides is 1. The van der Waals surface area contributed by atoms with Gasteiger partial charge in [-0.25, -0.2) is 8.42 Å². The van der Waals surface area contributed by atoms with Gasteiger partial charge in [0.15, 0.2) is 26.5 Å². The summed E-state index contributed by atoms with van der Waals surface area (Å²) in [5.41, 5.74) is 1.64. The summed E-state index contributed by atoms with van der Waals surface area (Å²) in [6.45, 7) is 0.157. The number of anilines is 1. The maximum atomic E-state index is 12.6. The number of carbonyl (C=O) groups excluding carboxylic acids is 1. The highest BCUT2D eigenvalue weighted by molar-refractivity contribution is 8.16. The number of amidine groups is 1. The first-order valence-corrected chi connectivity index (χ1v) is 11.9. The van der Waals surface area contributed by atoms with Crippen LogP contribution in [-0.4, -0.2) is 49.1 Å². The summed E-state index contributed by atoms with van der Waals surface area (Å²) in [5, 5.41) is 0.392. The van der Waals surface area contributed by atoms with E-state index in [1.807, 2.05) is 47.4 Å². The molecule has 9 heteroatoms. The van der Waals surface area contributed by atoms with Crippen LogP contribution in [0.25, 0.3) is 0 Å². The molecule has 0 aliphatic carbocycles. The summed E-state index contributed by atoms with van der Waals surface area (Å²) in [6, 6.07) is 14.6. The van der Waals surface area contributed by atoms with Crippen LogP contribution in [0.2, 0.25) is 0 Å². The smallest absolute Gasteiger partial charge is 0.252 e. The zero-order valence-electron chi connectivity index (χ0n) is 15.4. The molecule has 1 amide bonds. The number of sulfone groups is 1. The quantitative estimate of drug-likeness (QED) is 0.738. The van der Waals surface area contributed by atoms with Gasteiger partial charge in [-0.15, -0.1) is 0 Å². The second-order valence-corrected chi connectivity index (χ2v) is 10.5. The Bertz CT molecular complexity index is 1100. The van der Waals surface area contributed by atoms with Gasteiger partial charge in [0, 0.05) is 17.0 Å². The van der Waals surface area contributed by atoms with Crippen molar-refractivity contribution in [1.82, 2.24) is 0 Å². The molecular weight excluding hydrogens is 412 g/mol. The fourth-order valence-electron chi connectivity index (χ4n) is 3.82. The molecular formula is C20H18N2O5S2. The maximum Gasteiger partial charge on any atom is 0.252 e. The van der Waals surface area contributed by atoms with Crippen molar-refractivity contribution in [3.63, 3.8) is 0 Å². The summed E-state index contributed by atoms with van der Waals surface area (Å²) in [6.07, 6.45) is 0.202. The number of nitrogens with zero attached hydrogens (tertiary/aromatic N) is 2. The molecule has 3 heterocycles. The molecule has 7 nitrogen and oxygen atoms in total. The molecule has 0 N–H and O–H groups in total. The molecule has 0 radical (unpaired) electrons. The van der Waals surface area contributed by atoms with Crippen molar-refractivity contribution in [2.45, 2.75) is 17.7 Å². The zero-order chi connectivity index (χ0) is 20.0. The van der Waals surface area contributed by atoms with Gasteiger partial charge in [0.25, 0.3) is 5.91 Å². The Morgan fingerprint density at radius 1 is 1.10 bits per heavy atom. The Balaban J connectivity index is 1.48. The summed E-state index contributed by atoms with van der Waals surface area (Å²) in [4.78, 5) is 18.8. The molecule has 0 aromatic heterocycles. The highest BCUT2D eigenvalue weighted by Gasteiger charge is 2.49. The van der Waals surface area contributed by atoms with E-state index in [2.05, 4.69) is 4.99 Å². The van der Waals surface area contributed by atoms with E-state index in [9.17, 15) is 13.2 Å². The van der Waals surface area contributed by atoms with Crippen molar-refractivity contribution in [2.75, 3.05) is 23.2 Å². The minimum Gasteiger partial charge on any atom is -0.454 e. The normalized spacial score (nSPS) is 25.4. The molecule has 2 aromatic rings. The monoisotopic (exact) mass is 430 g/mol. The van der Waals surface area contributed by atoms with E-state index < -0.39 is 9.84 Å². The van der Waals surface area contributed by atoms with Crippen LogP contribution in [0, 0.1) is 0 Å². The number of ether oxygens (including phenoxy) is 2. The fraction of sp³-hybridized carbons (Fsp3) is 0.300. The average Bonchev–Trinajstić information content (AvgIpc) is 3.33. The summed E-state index contributed by atoms with van der Waals surface area (Å²) in [7, 11) is -3.12. The van der Waals surface area contributed by atoms with Crippen molar-refractivity contribution in [1.29, 1.82) is 0 Å². The second-order valence-electron chi connectivity index (χ2n) is 7.16. The first-order valence-electron chi connectivity index (χ1n) is 9.20. The largest absolute Gasteiger partial charge is 0.454 e. The van der Waals surface area contributed by atoms with Crippen LogP contribution in [0.5, 0.6) is 11.5 Å². The van der Waals surface area contributed by atoms with E-state index in [0.29, 0.717) is 16.7 Å². The van der Waals surface area contributed by atoms with Crippen LogP contribution in [0.4, 0.5) is 5.69 Å². The zero-order valence-corrected chi connectivity index (χ0v) is 17.0. The van der Waals surface area contributed by atoms with Gasteiger partial charge in [-0.3, -0.25) is 4.79 Å². The lowest BCUT2D eigenvalue weighted by atomic mass is 10.1. The molecule has 2 atom stereocenters. The molecule has 0 unspecified atom stereocenters. The fourth-order valence-corrected chi connectivity index (χ4v) is 7.75. The van der Waals surface area contributed by atoms with Gasteiger partial charge < -0.3 is 14.4 Å². The van der Waals surface area contributed by atoms with E-state index in [1.165, 1.54) is 11.8 Å². The maximum absolute atomic E-state index is 12.6. The van der Waals surface area contributed by atoms with Gasteiger partial charge in [-0.1, -0.05) is 42.1 Å². The average molecular weight is 431 g/mol. The van der Waals surface area contributed by atoms with Gasteiger partial charge in [0.1, 0.15) is 0 Å². The van der Waals surface area contributed by atoms with Crippen LogP contribution in [0.3, 0.4) is 0 Å². The Hall–Kier alpha value is -2.52. The lowest BCUT2D eigenvalue weighted by Crippen LogP contribution is -2.37. The minimum absolute atomic E-state index is 0.0466. The number of hydrogen-bond donors (Lipinski definition) is 0. The highest BCUT2D eigenvalue weighted by atomic mass is 32.2. The number of thioether (sulfide) groups is 1. The molecule has 0 spiro atoms. The summed E-state index contributed by atoms with van der Waals surface area (Å²) < 4.78 is 35.2. The van der Waals surface area contributed by atoms with Gasteiger partial charge in [-0.2, -0.15) is 4.99 Å². The van der Waals surface area contributed by atoms with Crippen LogP contribution in [0.15, 0.2) is 53.5 Å². The Morgan fingerprint density at radius 3 is 2.72 bits per heavy atom. The Kier molecular flexibility index (Phi) is 4.51. The van der Waals surface area contributed by atoms with Crippen molar-refractivity contribution in [3.05, 3.63) is 54.1 Å². The lowest BCUT2D eigenvalue weighted by Gasteiger charge is -2.24. The third-order valence-corrected chi connectivity index (χ3v) is 8.33. The van der Waals surface area contributed by atoms with Crippen LogP contribution in [-0.2, 0) is 21.1 Å². The van der Waals surface area contributed by atoms with E-state index in [4.69, 9.17) is 9.47 Å². The van der Waals surface area contributed by atoms with E-state index in [0.717, 1.165) is 11.3 Å². The molecule has 0 bridgehead atoms. The van der Waals surface area contributed by atoms with Gasteiger partial charge in [-0.05, 0) is 17.7 Å². The van der Waals surface area contributed by atoms with Crippen molar-refractivity contribution >= 4 is 38.4 Å². The lowest BCUT2D eigenvalue weighted by molar-refractivity contribution is -0.117. The van der Waals surface area contributed by atoms with Crippen molar-refractivity contribution in [2.24, 2.45) is 4.99 Å². The number of aliphatic imine (C=N–C) groups is 1. The molecule has 2 aromatic carbocycles. The third-order valence-electron chi connectivity index (χ3n) is 5.12. The Morgan fingerprint density at radius 2 is 1.90 bits per heavy atom. The number of hydrogen-bond acceptors (Lipinski definition) is 6.